The third-order valence-electron chi connectivity index (χ3n) is 2.23. The smallest absolute Gasteiger partial charge is 0.0453 e. The van der Waals surface area contributed by atoms with Gasteiger partial charge in [0.2, 0.25) is 0 Å². The van der Waals surface area contributed by atoms with Gasteiger partial charge < -0.3 is 5.73 Å². The first-order valence-electron chi connectivity index (χ1n) is 4.72. The van der Waals surface area contributed by atoms with Gasteiger partial charge in [-0.3, -0.25) is 0 Å². The number of halogens is 1. The molecular weight excluding hydrogens is 258 g/mol. The third-order valence-corrected chi connectivity index (χ3v) is 4.24. The summed E-state index contributed by atoms with van der Waals surface area (Å²) in [6.07, 6.45) is 0. The van der Waals surface area contributed by atoms with E-state index < -0.39 is 0 Å². The summed E-state index contributed by atoms with van der Waals surface area (Å²) in [5.41, 5.74) is 6.76. The molecule has 1 aromatic carbocycles. The Hall–Kier alpha value is -0.150. The standard InChI is InChI=1S/C11H16BrNS/c1-7(2)8(3)14-11-6-9(12)4-5-10(11)13/h4-8H,13H2,1-3H3. The molecule has 0 saturated heterocycles. The fourth-order valence-corrected chi connectivity index (χ4v) is 2.53. The molecule has 0 aliphatic carbocycles. The fraction of sp³-hybridized carbons (Fsp3) is 0.455. The van der Waals surface area contributed by atoms with E-state index in [1.54, 1.807) is 0 Å². The van der Waals surface area contributed by atoms with Crippen molar-refractivity contribution in [3.8, 4) is 0 Å². The Morgan fingerprint density at radius 1 is 1.29 bits per heavy atom. The summed E-state index contributed by atoms with van der Waals surface area (Å²) >= 11 is 5.29. The molecule has 2 N–H and O–H groups in total. The van der Waals surface area contributed by atoms with Crippen LogP contribution in [0.2, 0.25) is 0 Å². The number of thioether (sulfide) groups is 1. The van der Waals surface area contributed by atoms with Crippen LogP contribution in [0, 0.1) is 5.92 Å². The van der Waals surface area contributed by atoms with Gasteiger partial charge in [-0.05, 0) is 24.1 Å². The van der Waals surface area contributed by atoms with Crippen molar-refractivity contribution < 1.29 is 0 Å². The maximum atomic E-state index is 5.90. The van der Waals surface area contributed by atoms with Gasteiger partial charge in [0.1, 0.15) is 0 Å². The van der Waals surface area contributed by atoms with E-state index in [2.05, 4.69) is 42.8 Å². The van der Waals surface area contributed by atoms with Crippen LogP contribution in [0.25, 0.3) is 0 Å². The van der Waals surface area contributed by atoms with Crippen LogP contribution in [0.5, 0.6) is 0 Å². The molecule has 14 heavy (non-hydrogen) atoms. The first-order chi connectivity index (χ1) is 6.50. The number of hydrogen-bond acceptors (Lipinski definition) is 2. The molecular formula is C11H16BrNS. The highest BCUT2D eigenvalue weighted by Gasteiger charge is 2.10. The predicted molar refractivity (Wildman–Crippen MR) is 68.7 cm³/mol. The van der Waals surface area contributed by atoms with Gasteiger partial charge in [0.05, 0.1) is 0 Å². The number of nitrogens with two attached hydrogens (primary N) is 1. The summed E-state index contributed by atoms with van der Waals surface area (Å²) in [6, 6.07) is 6.00. The molecule has 1 aromatic rings. The second kappa shape index (κ2) is 5.08. The van der Waals surface area contributed by atoms with Gasteiger partial charge in [0.15, 0.2) is 0 Å². The summed E-state index contributed by atoms with van der Waals surface area (Å²) < 4.78 is 1.09. The van der Waals surface area contributed by atoms with Gasteiger partial charge in [-0.25, -0.2) is 0 Å². The second-order valence-corrected chi connectivity index (χ2v) is 6.08. The van der Waals surface area contributed by atoms with E-state index in [1.807, 2.05) is 23.9 Å². The topological polar surface area (TPSA) is 26.0 Å². The lowest BCUT2D eigenvalue weighted by molar-refractivity contribution is 0.642. The monoisotopic (exact) mass is 273 g/mol. The van der Waals surface area contributed by atoms with E-state index in [4.69, 9.17) is 5.73 Å². The van der Waals surface area contributed by atoms with Crippen molar-refractivity contribution in [1.82, 2.24) is 0 Å². The molecule has 0 aliphatic heterocycles. The van der Waals surface area contributed by atoms with E-state index in [-0.39, 0.29) is 0 Å². The predicted octanol–water partition coefficient (Wildman–Crippen LogP) is 4.17. The SMILES string of the molecule is CC(C)C(C)Sc1cc(Br)ccc1N. The first kappa shape index (κ1) is 11.9. The van der Waals surface area contributed by atoms with Gasteiger partial charge in [0, 0.05) is 20.3 Å². The minimum absolute atomic E-state index is 0.589. The fourth-order valence-electron chi connectivity index (χ4n) is 0.947. The van der Waals surface area contributed by atoms with Crippen LogP contribution >= 0.6 is 27.7 Å². The van der Waals surface area contributed by atoms with Gasteiger partial charge in [0.25, 0.3) is 0 Å². The van der Waals surface area contributed by atoms with E-state index >= 15 is 0 Å². The normalized spacial score (nSPS) is 13.2. The molecule has 1 nitrogen and oxygen atoms in total. The molecule has 0 aromatic heterocycles. The Morgan fingerprint density at radius 2 is 1.93 bits per heavy atom. The summed E-state index contributed by atoms with van der Waals surface area (Å²) in [7, 11) is 0. The minimum Gasteiger partial charge on any atom is -0.398 e. The zero-order valence-electron chi connectivity index (χ0n) is 8.75. The van der Waals surface area contributed by atoms with Crippen LogP contribution in [0.3, 0.4) is 0 Å². The molecule has 1 atom stereocenters. The highest BCUT2D eigenvalue weighted by Crippen LogP contribution is 2.33. The zero-order valence-corrected chi connectivity index (χ0v) is 11.2. The molecule has 1 rings (SSSR count). The van der Waals surface area contributed by atoms with E-state index in [0.29, 0.717) is 11.2 Å². The molecule has 0 radical (unpaired) electrons. The van der Waals surface area contributed by atoms with Crippen molar-refractivity contribution in [2.75, 3.05) is 5.73 Å². The lowest BCUT2D eigenvalue weighted by Gasteiger charge is -2.16. The molecule has 0 bridgehead atoms. The van der Waals surface area contributed by atoms with E-state index in [1.165, 1.54) is 4.90 Å². The minimum atomic E-state index is 0.589. The van der Waals surface area contributed by atoms with Gasteiger partial charge in [-0.1, -0.05) is 36.7 Å². The van der Waals surface area contributed by atoms with Gasteiger partial charge in [-0.15, -0.1) is 11.8 Å². The Bertz CT molecular complexity index is 312. The van der Waals surface area contributed by atoms with Crippen molar-refractivity contribution in [3.05, 3.63) is 22.7 Å². The van der Waals surface area contributed by atoms with Crippen LogP contribution in [0.15, 0.2) is 27.6 Å². The molecule has 1 unspecified atom stereocenters. The van der Waals surface area contributed by atoms with Crippen molar-refractivity contribution in [3.63, 3.8) is 0 Å². The van der Waals surface area contributed by atoms with Crippen molar-refractivity contribution >= 4 is 33.4 Å². The third kappa shape index (κ3) is 3.21. The molecule has 3 heteroatoms. The van der Waals surface area contributed by atoms with Crippen molar-refractivity contribution in [1.29, 1.82) is 0 Å². The highest BCUT2D eigenvalue weighted by molar-refractivity contribution is 9.10. The number of benzene rings is 1. The molecule has 0 spiro atoms. The van der Waals surface area contributed by atoms with Gasteiger partial charge >= 0.3 is 0 Å². The largest absolute Gasteiger partial charge is 0.398 e. The summed E-state index contributed by atoms with van der Waals surface area (Å²) in [5, 5.41) is 0.589. The van der Waals surface area contributed by atoms with Crippen LogP contribution < -0.4 is 5.73 Å². The Morgan fingerprint density at radius 3 is 2.50 bits per heavy atom. The van der Waals surface area contributed by atoms with Crippen LogP contribution in [-0.4, -0.2) is 5.25 Å². The quantitative estimate of drug-likeness (QED) is 0.661. The van der Waals surface area contributed by atoms with E-state index in [9.17, 15) is 0 Å². The zero-order chi connectivity index (χ0) is 10.7. The van der Waals surface area contributed by atoms with Crippen LogP contribution in [0.4, 0.5) is 5.69 Å². The Balaban J connectivity index is 2.80. The maximum absolute atomic E-state index is 5.90. The molecule has 0 amide bonds. The number of anilines is 1. The average Bonchev–Trinajstić information content (AvgIpc) is 2.11. The molecule has 0 heterocycles. The summed E-state index contributed by atoms with van der Waals surface area (Å²) in [6.45, 7) is 6.69. The molecule has 0 saturated carbocycles. The number of hydrogen-bond donors (Lipinski definition) is 1. The van der Waals surface area contributed by atoms with Crippen molar-refractivity contribution in [2.45, 2.75) is 30.9 Å². The Labute approximate surface area is 98.6 Å². The van der Waals surface area contributed by atoms with Crippen LogP contribution in [0.1, 0.15) is 20.8 Å². The lowest BCUT2D eigenvalue weighted by atomic mass is 10.2. The Kier molecular flexibility index (Phi) is 4.32. The maximum Gasteiger partial charge on any atom is 0.0453 e. The van der Waals surface area contributed by atoms with Crippen LogP contribution in [-0.2, 0) is 0 Å². The highest BCUT2D eigenvalue weighted by atomic mass is 79.9. The lowest BCUT2D eigenvalue weighted by Crippen LogP contribution is -2.05. The van der Waals surface area contributed by atoms with Crippen molar-refractivity contribution in [2.24, 2.45) is 5.92 Å². The molecule has 78 valence electrons. The number of nitrogen functional groups attached to an aromatic ring is 1. The number of rotatable bonds is 3. The first-order valence-corrected chi connectivity index (χ1v) is 6.39. The molecule has 0 fully saturated rings. The average molecular weight is 274 g/mol. The summed E-state index contributed by atoms with van der Waals surface area (Å²) in [4.78, 5) is 1.17. The summed E-state index contributed by atoms with van der Waals surface area (Å²) in [5.74, 6) is 0.665. The van der Waals surface area contributed by atoms with E-state index in [0.717, 1.165) is 10.2 Å². The molecule has 0 aliphatic rings. The van der Waals surface area contributed by atoms with Gasteiger partial charge in [-0.2, -0.15) is 0 Å². The second-order valence-electron chi connectivity index (χ2n) is 3.75.